The standard InChI is InChI=1S/C26H25N5O2/c1-16-21(17-6-8-18(9-7-17)31-12-4-5-24(31)32)14-27-15-22(16)19-10-11-28-25-20(19)13-23(29-25)26(33)30(2)3/h6-11,13-15H,4-5,12H2,1-3H3,(H,28,29). The highest BCUT2D eigenvalue weighted by molar-refractivity contribution is 6.02. The van der Waals surface area contributed by atoms with Gasteiger partial charge in [0.25, 0.3) is 5.91 Å². The van der Waals surface area contributed by atoms with Crippen LogP contribution in [-0.2, 0) is 4.79 Å². The number of benzene rings is 1. The smallest absolute Gasteiger partial charge is 0.269 e. The monoisotopic (exact) mass is 439 g/mol. The second kappa shape index (κ2) is 8.16. The summed E-state index contributed by atoms with van der Waals surface area (Å²) in [4.78, 5) is 39.9. The molecule has 0 atom stereocenters. The van der Waals surface area contributed by atoms with Crippen LogP contribution in [0.5, 0.6) is 0 Å². The van der Waals surface area contributed by atoms with E-state index in [0.29, 0.717) is 17.8 Å². The number of carbonyl (C=O) groups excluding carboxylic acids is 2. The van der Waals surface area contributed by atoms with Crippen molar-refractivity contribution in [1.29, 1.82) is 0 Å². The second-order valence-electron chi connectivity index (χ2n) is 8.56. The number of amides is 2. The van der Waals surface area contributed by atoms with Crippen LogP contribution in [0.3, 0.4) is 0 Å². The van der Waals surface area contributed by atoms with Crippen LogP contribution < -0.4 is 4.90 Å². The normalized spacial score (nSPS) is 13.7. The fourth-order valence-electron chi connectivity index (χ4n) is 4.45. The molecule has 4 aromatic rings. The van der Waals surface area contributed by atoms with Gasteiger partial charge in [0.15, 0.2) is 0 Å². The molecule has 166 valence electrons. The van der Waals surface area contributed by atoms with E-state index in [2.05, 4.69) is 21.9 Å². The van der Waals surface area contributed by atoms with E-state index >= 15 is 0 Å². The molecule has 0 bridgehead atoms. The van der Waals surface area contributed by atoms with Gasteiger partial charge in [-0.25, -0.2) is 4.98 Å². The first kappa shape index (κ1) is 20.9. The summed E-state index contributed by atoms with van der Waals surface area (Å²) in [6.07, 6.45) is 6.99. The summed E-state index contributed by atoms with van der Waals surface area (Å²) in [5, 5.41) is 0.882. The van der Waals surface area contributed by atoms with Crippen LogP contribution in [-0.4, -0.2) is 52.3 Å². The minimum atomic E-state index is -0.0980. The Bertz CT molecular complexity index is 1370. The molecule has 0 unspecified atom stereocenters. The molecule has 0 radical (unpaired) electrons. The number of aromatic nitrogens is 3. The Hall–Kier alpha value is -4.00. The average molecular weight is 440 g/mol. The molecule has 1 N–H and O–H groups in total. The zero-order valence-electron chi connectivity index (χ0n) is 18.9. The summed E-state index contributed by atoms with van der Waals surface area (Å²) in [6, 6.07) is 11.9. The van der Waals surface area contributed by atoms with Crippen molar-refractivity contribution in [1.82, 2.24) is 19.9 Å². The topological polar surface area (TPSA) is 82.2 Å². The van der Waals surface area contributed by atoms with Crippen molar-refractivity contribution in [2.75, 3.05) is 25.5 Å². The molecule has 0 spiro atoms. The van der Waals surface area contributed by atoms with E-state index in [1.807, 2.05) is 53.7 Å². The van der Waals surface area contributed by atoms with E-state index in [-0.39, 0.29) is 11.8 Å². The second-order valence-corrected chi connectivity index (χ2v) is 8.56. The summed E-state index contributed by atoms with van der Waals surface area (Å²) in [6.45, 7) is 2.86. The van der Waals surface area contributed by atoms with Crippen LogP contribution in [0.4, 0.5) is 5.69 Å². The molecule has 1 aliphatic rings. The third-order valence-electron chi connectivity index (χ3n) is 6.24. The zero-order valence-corrected chi connectivity index (χ0v) is 18.9. The molecule has 0 aliphatic carbocycles. The molecule has 4 heterocycles. The molecular weight excluding hydrogens is 414 g/mol. The van der Waals surface area contributed by atoms with Crippen LogP contribution >= 0.6 is 0 Å². The first-order valence-corrected chi connectivity index (χ1v) is 11.0. The molecule has 0 saturated carbocycles. The summed E-state index contributed by atoms with van der Waals surface area (Å²) in [5.74, 6) is 0.0852. The number of hydrogen-bond acceptors (Lipinski definition) is 4. The number of carbonyl (C=O) groups is 2. The fraction of sp³-hybridized carbons (Fsp3) is 0.231. The van der Waals surface area contributed by atoms with Crippen molar-refractivity contribution in [2.24, 2.45) is 0 Å². The maximum atomic E-state index is 12.4. The molecule has 1 aromatic carbocycles. The van der Waals surface area contributed by atoms with Gasteiger partial charge in [0, 0.05) is 67.9 Å². The number of rotatable bonds is 4. The van der Waals surface area contributed by atoms with Crippen molar-refractivity contribution in [3.8, 4) is 22.3 Å². The maximum Gasteiger partial charge on any atom is 0.269 e. The van der Waals surface area contributed by atoms with Crippen LogP contribution in [0.15, 0.2) is 55.0 Å². The lowest BCUT2D eigenvalue weighted by atomic mass is 9.94. The van der Waals surface area contributed by atoms with E-state index in [0.717, 1.165) is 51.9 Å². The predicted octanol–water partition coefficient (Wildman–Crippen LogP) is 4.43. The van der Waals surface area contributed by atoms with E-state index in [9.17, 15) is 9.59 Å². The van der Waals surface area contributed by atoms with Gasteiger partial charge in [0.2, 0.25) is 5.91 Å². The molecule has 1 saturated heterocycles. The van der Waals surface area contributed by atoms with Gasteiger partial charge in [0.05, 0.1) is 0 Å². The number of H-pyrrole nitrogens is 1. The van der Waals surface area contributed by atoms with Gasteiger partial charge in [-0.1, -0.05) is 12.1 Å². The van der Waals surface area contributed by atoms with Gasteiger partial charge in [-0.3, -0.25) is 14.6 Å². The summed E-state index contributed by atoms with van der Waals surface area (Å²) in [5.41, 5.74) is 7.22. The van der Waals surface area contributed by atoms with Gasteiger partial charge in [-0.2, -0.15) is 0 Å². The lowest BCUT2D eigenvalue weighted by Gasteiger charge is -2.17. The first-order valence-electron chi connectivity index (χ1n) is 11.0. The Morgan fingerprint density at radius 2 is 1.82 bits per heavy atom. The molecule has 7 nitrogen and oxygen atoms in total. The Morgan fingerprint density at radius 3 is 2.52 bits per heavy atom. The van der Waals surface area contributed by atoms with Gasteiger partial charge in [0.1, 0.15) is 11.3 Å². The minimum Gasteiger partial charge on any atom is -0.344 e. The number of anilines is 1. The fourth-order valence-corrected chi connectivity index (χ4v) is 4.45. The molecule has 1 fully saturated rings. The van der Waals surface area contributed by atoms with Crippen molar-refractivity contribution in [3.63, 3.8) is 0 Å². The Labute approximate surface area is 192 Å². The highest BCUT2D eigenvalue weighted by Crippen LogP contribution is 2.35. The minimum absolute atomic E-state index is 0.0980. The molecule has 7 heteroatoms. The molecule has 3 aromatic heterocycles. The van der Waals surface area contributed by atoms with Crippen LogP contribution in [0, 0.1) is 6.92 Å². The van der Waals surface area contributed by atoms with E-state index in [1.54, 1.807) is 20.3 Å². The van der Waals surface area contributed by atoms with E-state index in [1.165, 1.54) is 4.90 Å². The average Bonchev–Trinajstić information content (AvgIpc) is 3.45. The van der Waals surface area contributed by atoms with Gasteiger partial charge < -0.3 is 14.8 Å². The number of fused-ring (bicyclic) bond motifs is 1. The lowest BCUT2D eigenvalue weighted by Crippen LogP contribution is -2.23. The van der Waals surface area contributed by atoms with Crippen LogP contribution in [0.1, 0.15) is 28.9 Å². The number of nitrogens with one attached hydrogen (secondary N) is 1. The van der Waals surface area contributed by atoms with E-state index in [4.69, 9.17) is 0 Å². The van der Waals surface area contributed by atoms with Crippen LogP contribution in [0.2, 0.25) is 0 Å². The number of nitrogens with zero attached hydrogens (tertiary/aromatic N) is 4. The van der Waals surface area contributed by atoms with Gasteiger partial charge in [-0.15, -0.1) is 0 Å². The lowest BCUT2D eigenvalue weighted by molar-refractivity contribution is -0.117. The number of pyridine rings is 2. The highest BCUT2D eigenvalue weighted by Gasteiger charge is 2.22. The summed E-state index contributed by atoms with van der Waals surface area (Å²) >= 11 is 0. The Kier molecular flexibility index (Phi) is 5.17. The third kappa shape index (κ3) is 3.65. The summed E-state index contributed by atoms with van der Waals surface area (Å²) in [7, 11) is 3.45. The van der Waals surface area contributed by atoms with Crippen molar-refractivity contribution in [3.05, 3.63) is 66.2 Å². The third-order valence-corrected chi connectivity index (χ3v) is 6.24. The molecule has 33 heavy (non-hydrogen) atoms. The number of hydrogen-bond donors (Lipinski definition) is 1. The SMILES string of the molecule is Cc1c(-c2ccc(N3CCCC3=O)cc2)cncc1-c1ccnc2[nH]c(C(=O)N(C)C)cc12. The first-order chi connectivity index (χ1) is 15.9. The van der Waals surface area contributed by atoms with Crippen molar-refractivity contribution >= 4 is 28.5 Å². The predicted molar refractivity (Wildman–Crippen MR) is 129 cm³/mol. The highest BCUT2D eigenvalue weighted by atomic mass is 16.2. The quantitative estimate of drug-likeness (QED) is 0.510. The maximum absolute atomic E-state index is 12.4. The van der Waals surface area contributed by atoms with Gasteiger partial charge >= 0.3 is 0 Å². The largest absolute Gasteiger partial charge is 0.344 e. The van der Waals surface area contributed by atoms with Crippen molar-refractivity contribution < 1.29 is 9.59 Å². The Balaban J connectivity index is 1.55. The van der Waals surface area contributed by atoms with Crippen molar-refractivity contribution in [2.45, 2.75) is 19.8 Å². The van der Waals surface area contributed by atoms with Gasteiger partial charge in [-0.05, 0) is 54.3 Å². The zero-order chi connectivity index (χ0) is 23.1. The van der Waals surface area contributed by atoms with E-state index < -0.39 is 0 Å². The molecule has 5 rings (SSSR count). The molecule has 2 amide bonds. The number of aromatic amines is 1. The molecule has 1 aliphatic heterocycles. The Morgan fingerprint density at radius 1 is 1.06 bits per heavy atom. The van der Waals surface area contributed by atoms with Crippen LogP contribution in [0.25, 0.3) is 33.3 Å². The summed E-state index contributed by atoms with van der Waals surface area (Å²) < 4.78 is 0. The molecular formula is C26H25N5O2.